The predicted octanol–water partition coefficient (Wildman–Crippen LogP) is 3.78. The molecule has 1 atom stereocenters. The zero-order chi connectivity index (χ0) is 15.0. The number of non-ortho nitro benzene ring substituents is 1. The number of nitro benzene ring substituents is 1. The minimum absolute atomic E-state index is 0.00751. The van der Waals surface area contributed by atoms with Crippen LogP contribution >= 0.6 is 0 Å². The molecule has 2 aromatic rings. The van der Waals surface area contributed by atoms with Crippen LogP contribution in [0, 0.1) is 21.4 Å². The molecule has 0 aromatic heterocycles. The van der Waals surface area contributed by atoms with Crippen LogP contribution in [0.25, 0.3) is 11.1 Å². The van der Waals surface area contributed by atoms with Crippen molar-refractivity contribution in [2.75, 3.05) is 0 Å². The summed E-state index contributed by atoms with van der Waals surface area (Å²) in [6.45, 7) is 1.89. The van der Waals surface area contributed by atoms with Gasteiger partial charge in [-0.25, -0.2) is 0 Å². The predicted molar refractivity (Wildman–Crippen MR) is 76.7 cm³/mol. The number of nitro groups is 1. The van der Waals surface area contributed by atoms with Gasteiger partial charge in [0.05, 0.1) is 4.92 Å². The van der Waals surface area contributed by atoms with Gasteiger partial charge in [0.15, 0.2) is 0 Å². The molecule has 0 N–H and O–H groups in total. The number of nitriles is 1. The van der Waals surface area contributed by atoms with Crippen molar-refractivity contribution in [2.45, 2.75) is 18.9 Å². The molecule has 0 fully saturated rings. The van der Waals surface area contributed by atoms with Gasteiger partial charge in [-0.15, -0.1) is 0 Å². The Labute approximate surface area is 121 Å². The van der Waals surface area contributed by atoms with E-state index >= 15 is 0 Å². The molecule has 0 saturated carbocycles. The number of fused-ring (bicyclic) bond motifs is 3. The fraction of sp³-hybridized carbons (Fsp3) is 0.188. The third kappa shape index (κ3) is 1.84. The van der Waals surface area contributed by atoms with Crippen LogP contribution in [0.2, 0.25) is 0 Å². The lowest BCUT2D eigenvalue weighted by atomic mass is 9.83. The summed E-state index contributed by atoms with van der Waals surface area (Å²) in [5.74, 6) is 0.503. The van der Waals surface area contributed by atoms with Crippen LogP contribution in [0.5, 0.6) is 5.75 Å². The van der Waals surface area contributed by atoms with Gasteiger partial charge in [0.25, 0.3) is 5.69 Å². The van der Waals surface area contributed by atoms with E-state index in [9.17, 15) is 15.4 Å². The first-order valence-electron chi connectivity index (χ1n) is 6.60. The second kappa shape index (κ2) is 4.60. The first-order valence-corrected chi connectivity index (χ1v) is 6.60. The normalized spacial score (nSPS) is 18.9. The average Bonchev–Trinajstić information content (AvgIpc) is 2.53. The van der Waals surface area contributed by atoms with Gasteiger partial charge in [-0.1, -0.05) is 31.2 Å². The molecular formula is C16H12N2O3. The minimum atomic E-state index is -1.04. The van der Waals surface area contributed by atoms with Gasteiger partial charge >= 0.3 is 0 Å². The molecule has 5 nitrogen and oxygen atoms in total. The standard InChI is InChI=1S/C16H12N2O3/c1-2-16(10-17)14-6-4-3-5-12(14)13-9-11(18(19)20)7-8-15(13)21-16/h3-9H,2H2,1H3. The average molecular weight is 280 g/mol. The summed E-state index contributed by atoms with van der Waals surface area (Å²) in [6, 6.07) is 14.1. The van der Waals surface area contributed by atoms with Crippen LogP contribution in [0.1, 0.15) is 18.9 Å². The van der Waals surface area contributed by atoms with Crippen molar-refractivity contribution < 1.29 is 9.66 Å². The maximum atomic E-state index is 11.0. The lowest BCUT2D eigenvalue weighted by Gasteiger charge is -2.34. The summed E-state index contributed by atoms with van der Waals surface area (Å²) in [4.78, 5) is 10.5. The Morgan fingerprint density at radius 1 is 1.29 bits per heavy atom. The molecule has 0 aliphatic carbocycles. The molecule has 0 saturated heterocycles. The van der Waals surface area contributed by atoms with E-state index in [1.54, 1.807) is 6.07 Å². The maximum Gasteiger partial charge on any atom is 0.270 e. The van der Waals surface area contributed by atoms with E-state index < -0.39 is 10.5 Å². The third-order valence-electron chi connectivity index (χ3n) is 3.79. The lowest BCUT2D eigenvalue weighted by Crippen LogP contribution is -2.33. The summed E-state index contributed by atoms with van der Waals surface area (Å²) >= 11 is 0. The number of nitrogens with zero attached hydrogens (tertiary/aromatic N) is 2. The SMILES string of the molecule is CCC1(C#N)Oc2ccc([N+](=O)[O-])cc2-c2ccccc21. The highest BCUT2D eigenvalue weighted by Crippen LogP contribution is 2.47. The molecule has 21 heavy (non-hydrogen) atoms. The molecule has 2 aromatic carbocycles. The Hall–Kier alpha value is -2.87. The summed E-state index contributed by atoms with van der Waals surface area (Å²) in [6.07, 6.45) is 0.497. The lowest BCUT2D eigenvalue weighted by molar-refractivity contribution is -0.384. The highest BCUT2D eigenvalue weighted by atomic mass is 16.6. The van der Waals surface area contributed by atoms with Gasteiger partial charge in [0.1, 0.15) is 11.8 Å². The van der Waals surface area contributed by atoms with Crippen LogP contribution < -0.4 is 4.74 Å². The molecule has 1 unspecified atom stereocenters. The Morgan fingerprint density at radius 2 is 2.05 bits per heavy atom. The molecule has 0 radical (unpaired) electrons. The topological polar surface area (TPSA) is 76.2 Å². The van der Waals surface area contributed by atoms with Crippen LogP contribution in [0.3, 0.4) is 0 Å². The van der Waals surface area contributed by atoms with Gasteiger partial charge in [0, 0.05) is 29.7 Å². The molecular weight excluding hydrogens is 268 g/mol. The van der Waals surface area contributed by atoms with E-state index in [0.717, 1.165) is 11.1 Å². The molecule has 1 aliphatic heterocycles. The largest absolute Gasteiger partial charge is 0.467 e. The van der Waals surface area contributed by atoms with E-state index in [-0.39, 0.29) is 5.69 Å². The maximum absolute atomic E-state index is 11.0. The molecule has 5 heteroatoms. The number of hydrogen-bond acceptors (Lipinski definition) is 4. The van der Waals surface area contributed by atoms with E-state index in [1.807, 2.05) is 31.2 Å². The third-order valence-corrected chi connectivity index (χ3v) is 3.79. The molecule has 0 bridgehead atoms. The summed E-state index contributed by atoms with van der Waals surface area (Å²) in [5, 5.41) is 20.5. The fourth-order valence-electron chi connectivity index (χ4n) is 2.67. The van der Waals surface area contributed by atoms with Crippen LogP contribution in [0.4, 0.5) is 5.69 Å². The second-order valence-electron chi connectivity index (χ2n) is 4.88. The van der Waals surface area contributed by atoms with E-state index in [4.69, 9.17) is 4.74 Å². The van der Waals surface area contributed by atoms with Crippen LogP contribution in [-0.4, -0.2) is 4.92 Å². The molecule has 1 heterocycles. The highest BCUT2D eigenvalue weighted by molar-refractivity contribution is 5.79. The minimum Gasteiger partial charge on any atom is -0.467 e. The molecule has 104 valence electrons. The van der Waals surface area contributed by atoms with Crippen molar-refractivity contribution >= 4 is 5.69 Å². The Kier molecular flexibility index (Phi) is 2.88. The van der Waals surface area contributed by atoms with Gasteiger partial charge in [-0.2, -0.15) is 5.26 Å². The van der Waals surface area contributed by atoms with E-state index in [2.05, 4.69) is 6.07 Å². The molecule has 0 spiro atoms. The Balaban J connectivity index is 2.29. The number of benzene rings is 2. The molecule has 3 rings (SSSR count). The first kappa shape index (κ1) is 13.1. The first-order chi connectivity index (χ1) is 10.1. The Bertz CT molecular complexity index is 779. The zero-order valence-electron chi connectivity index (χ0n) is 11.4. The van der Waals surface area contributed by atoms with Crippen LogP contribution in [-0.2, 0) is 5.60 Å². The highest BCUT2D eigenvalue weighted by Gasteiger charge is 2.40. The molecule has 1 aliphatic rings. The number of hydrogen-bond donors (Lipinski definition) is 0. The van der Waals surface area contributed by atoms with Crippen molar-refractivity contribution in [1.82, 2.24) is 0 Å². The second-order valence-corrected chi connectivity index (χ2v) is 4.88. The van der Waals surface area contributed by atoms with Gasteiger partial charge in [0.2, 0.25) is 5.60 Å². The van der Waals surface area contributed by atoms with E-state index in [1.165, 1.54) is 12.1 Å². The Morgan fingerprint density at radius 3 is 2.71 bits per heavy atom. The quantitative estimate of drug-likeness (QED) is 0.619. The van der Waals surface area contributed by atoms with Gasteiger partial charge in [-0.3, -0.25) is 10.1 Å². The van der Waals surface area contributed by atoms with Crippen LogP contribution in [0.15, 0.2) is 42.5 Å². The smallest absolute Gasteiger partial charge is 0.270 e. The summed E-state index contributed by atoms with van der Waals surface area (Å²) in [5.41, 5.74) is 1.18. The van der Waals surface area contributed by atoms with Gasteiger partial charge in [-0.05, 0) is 11.6 Å². The van der Waals surface area contributed by atoms with Crippen molar-refractivity contribution in [3.63, 3.8) is 0 Å². The van der Waals surface area contributed by atoms with E-state index in [0.29, 0.717) is 17.7 Å². The number of ether oxygens (including phenoxy) is 1. The van der Waals surface area contributed by atoms with Crippen molar-refractivity contribution in [1.29, 1.82) is 5.26 Å². The molecule has 0 amide bonds. The van der Waals surface area contributed by atoms with Crippen molar-refractivity contribution in [3.8, 4) is 22.9 Å². The van der Waals surface area contributed by atoms with Crippen molar-refractivity contribution in [2.24, 2.45) is 0 Å². The summed E-state index contributed by atoms with van der Waals surface area (Å²) in [7, 11) is 0. The fourth-order valence-corrected chi connectivity index (χ4v) is 2.67. The monoisotopic (exact) mass is 280 g/mol. The number of rotatable bonds is 2. The van der Waals surface area contributed by atoms with Crippen molar-refractivity contribution in [3.05, 3.63) is 58.1 Å². The van der Waals surface area contributed by atoms with Gasteiger partial charge < -0.3 is 4.74 Å². The zero-order valence-corrected chi connectivity index (χ0v) is 11.4. The summed E-state index contributed by atoms with van der Waals surface area (Å²) < 4.78 is 5.90.